The van der Waals surface area contributed by atoms with E-state index in [1.54, 1.807) is 12.4 Å². The highest BCUT2D eigenvalue weighted by molar-refractivity contribution is 5.49. The summed E-state index contributed by atoms with van der Waals surface area (Å²) in [4.78, 5) is 16.8. The van der Waals surface area contributed by atoms with E-state index in [9.17, 15) is 0 Å². The lowest BCUT2D eigenvalue weighted by Crippen LogP contribution is -1.95. The largest absolute Gasteiger partial charge is 0.307 e. The minimum Gasteiger partial charge on any atom is -0.307 e. The van der Waals surface area contributed by atoms with Crippen molar-refractivity contribution in [1.29, 1.82) is 0 Å². The Morgan fingerprint density at radius 2 is 1.40 bits per heavy atom. The Morgan fingerprint density at radius 1 is 0.733 bits per heavy atom. The number of hydrogen-bond acceptors (Lipinski definition) is 4. The van der Waals surface area contributed by atoms with Crippen LogP contribution in [0.5, 0.6) is 0 Å². The molecule has 6 aromatic rings. The van der Waals surface area contributed by atoms with Crippen LogP contribution in [-0.2, 0) is 0 Å². The van der Waals surface area contributed by atoms with Crippen molar-refractivity contribution in [2.45, 2.75) is 13.8 Å². The van der Waals surface area contributed by atoms with E-state index in [1.807, 2.05) is 106 Å². The van der Waals surface area contributed by atoms with Gasteiger partial charge in [-0.2, -0.15) is 0 Å². The van der Waals surface area contributed by atoms with E-state index < -0.39 is 0 Å². The number of fused-ring (bicyclic) bond motifs is 2. The van der Waals surface area contributed by atoms with Crippen LogP contribution in [0, 0.1) is 13.8 Å². The van der Waals surface area contributed by atoms with Crippen LogP contribution in [0.4, 0.5) is 0 Å². The minimum atomic E-state index is 0.943. The van der Waals surface area contributed by atoms with Crippen LogP contribution in [-0.4, -0.2) is 37.9 Å². The monoisotopic (exact) mass is 396 g/mol. The molecule has 148 valence electrons. The summed E-state index contributed by atoms with van der Waals surface area (Å²) in [6.07, 6.45) is 18.9. The topological polar surface area (TPSA) is 70.2 Å². The van der Waals surface area contributed by atoms with Crippen molar-refractivity contribution in [3.63, 3.8) is 0 Å². The van der Waals surface area contributed by atoms with Gasteiger partial charge in [-0.15, -0.1) is 0 Å². The van der Waals surface area contributed by atoms with Crippen molar-refractivity contribution >= 4 is 11.3 Å². The Bertz CT molecular complexity index is 1430. The third kappa shape index (κ3) is 3.35. The molecule has 6 heterocycles. The summed E-state index contributed by atoms with van der Waals surface area (Å²) < 4.78 is 7.99. The summed E-state index contributed by atoms with van der Waals surface area (Å²) in [7, 11) is 0. The molecule has 0 aliphatic carbocycles. The maximum atomic E-state index is 4.25. The molecule has 0 radical (unpaired) electrons. The van der Waals surface area contributed by atoms with Crippen LogP contribution in [0.25, 0.3) is 22.7 Å². The summed E-state index contributed by atoms with van der Waals surface area (Å²) in [5.41, 5.74) is 6.18. The molecule has 0 atom stereocenters. The van der Waals surface area contributed by atoms with Crippen molar-refractivity contribution in [1.82, 2.24) is 37.9 Å². The Balaban J connectivity index is 0.000000128. The summed E-state index contributed by atoms with van der Waals surface area (Å²) in [6, 6.07) is 8.15. The van der Waals surface area contributed by atoms with Gasteiger partial charge in [-0.3, -0.25) is 0 Å². The van der Waals surface area contributed by atoms with E-state index in [4.69, 9.17) is 0 Å². The first kappa shape index (κ1) is 17.9. The van der Waals surface area contributed by atoms with Crippen LogP contribution in [0.3, 0.4) is 0 Å². The number of aromatic nitrogens is 8. The van der Waals surface area contributed by atoms with Gasteiger partial charge in [-0.1, -0.05) is 0 Å². The van der Waals surface area contributed by atoms with Gasteiger partial charge < -0.3 is 17.9 Å². The first-order chi connectivity index (χ1) is 14.7. The molecule has 8 heteroatoms. The zero-order valence-electron chi connectivity index (χ0n) is 16.7. The maximum Gasteiger partial charge on any atom is 0.138 e. The number of aryl methyl sites for hydroxylation is 2. The van der Waals surface area contributed by atoms with E-state index in [0.717, 1.165) is 34.1 Å². The quantitative estimate of drug-likeness (QED) is 0.448. The van der Waals surface area contributed by atoms with Gasteiger partial charge in [0.1, 0.15) is 11.3 Å². The lowest BCUT2D eigenvalue weighted by Gasteiger charge is -2.04. The van der Waals surface area contributed by atoms with E-state index in [-0.39, 0.29) is 0 Å². The molecule has 30 heavy (non-hydrogen) atoms. The molecule has 0 aromatic carbocycles. The fraction of sp³-hybridized carbons (Fsp3) is 0.0909. The van der Waals surface area contributed by atoms with Crippen LogP contribution >= 0.6 is 0 Å². The highest BCUT2D eigenvalue weighted by atomic mass is 15.1. The third-order valence-electron chi connectivity index (χ3n) is 4.87. The molecule has 8 nitrogen and oxygen atoms in total. The van der Waals surface area contributed by atoms with Crippen molar-refractivity contribution in [2.75, 3.05) is 0 Å². The van der Waals surface area contributed by atoms with Crippen molar-refractivity contribution < 1.29 is 0 Å². The molecular formula is C22H20N8. The first-order valence-electron chi connectivity index (χ1n) is 9.53. The number of hydrogen-bond donors (Lipinski definition) is 0. The molecule has 0 bridgehead atoms. The van der Waals surface area contributed by atoms with Crippen LogP contribution in [0.15, 0.2) is 86.5 Å². The van der Waals surface area contributed by atoms with Gasteiger partial charge >= 0.3 is 0 Å². The second-order valence-electron chi connectivity index (χ2n) is 6.98. The molecule has 6 rings (SSSR count). The van der Waals surface area contributed by atoms with Gasteiger partial charge in [-0.05, 0) is 26.0 Å². The van der Waals surface area contributed by atoms with Crippen LogP contribution in [0.2, 0.25) is 0 Å². The Hall–Kier alpha value is -4.20. The molecule has 0 aliphatic heterocycles. The smallest absolute Gasteiger partial charge is 0.138 e. The Labute approximate surface area is 172 Å². The molecule has 0 saturated heterocycles. The fourth-order valence-corrected chi connectivity index (χ4v) is 3.30. The van der Waals surface area contributed by atoms with Gasteiger partial charge in [0.2, 0.25) is 0 Å². The SMILES string of the molecule is Cc1cn(-c2ccn3ccnc3c2)cn1.Cc1cncn1-c1ccn2ccnc2c1. The van der Waals surface area contributed by atoms with Crippen molar-refractivity contribution in [2.24, 2.45) is 0 Å². The van der Waals surface area contributed by atoms with E-state index in [0.29, 0.717) is 0 Å². The van der Waals surface area contributed by atoms with Gasteiger partial charge in [0.05, 0.1) is 29.7 Å². The lowest BCUT2D eigenvalue weighted by atomic mass is 10.3. The van der Waals surface area contributed by atoms with Crippen molar-refractivity contribution in [3.8, 4) is 11.4 Å². The van der Waals surface area contributed by atoms with Gasteiger partial charge in [0.25, 0.3) is 0 Å². The third-order valence-corrected chi connectivity index (χ3v) is 4.87. The second-order valence-corrected chi connectivity index (χ2v) is 6.98. The van der Waals surface area contributed by atoms with Gasteiger partial charge in [-0.25, -0.2) is 19.9 Å². The predicted octanol–water partition coefficient (Wildman–Crippen LogP) is 3.66. The Morgan fingerprint density at radius 3 is 2.00 bits per heavy atom. The molecule has 6 aromatic heterocycles. The first-order valence-corrected chi connectivity index (χ1v) is 9.53. The second kappa shape index (κ2) is 7.32. The van der Waals surface area contributed by atoms with E-state index in [2.05, 4.69) is 19.9 Å². The minimum absolute atomic E-state index is 0.943. The van der Waals surface area contributed by atoms with Gasteiger partial charge in [0.15, 0.2) is 0 Å². The maximum absolute atomic E-state index is 4.25. The van der Waals surface area contributed by atoms with Crippen LogP contribution < -0.4 is 0 Å². The Kier molecular flexibility index (Phi) is 4.36. The van der Waals surface area contributed by atoms with Gasteiger partial charge in [0, 0.05) is 67.4 Å². The lowest BCUT2D eigenvalue weighted by molar-refractivity contribution is 0.995. The summed E-state index contributed by atoms with van der Waals surface area (Å²) in [5.74, 6) is 0. The van der Waals surface area contributed by atoms with E-state index in [1.165, 1.54) is 0 Å². The molecule has 0 amide bonds. The standard InChI is InChI=1S/2C11H10N4/c1-9-7-12-8-15(9)10-2-4-14-5-3-13-11(14)6-10;1-9-7-15(8-13-9)10-2-4-14-5-3-12-11(14)6-10/h2*2-8H,1H3. The predicted molar refractivity (Wildman–Crippen MR) is 114 cm³/mol. The molecule has 0 unspecified atom stereocenters. The van der Waals surface area contributed by atoms with Crippen molar-refractivity contribution in [3.05, 3.63) is 97.9 Å². The average molecular weight is 396 g/mol. The normalized spacial score (nSPS) is 11.0. The summed E-state index contributed by atoms with van der Waals surface area (Å²) in [5, 5.41) is 0. The molecular weight excluding hydrogens is 376 g/mol. The molecule has 0 fully saturated rings. The summed E-state index contributed by atoms with van der Waals surface area (Å²) in [6.45, 7) is 4.01. The number of nitrogens with zero attached hydrogens (tertiary/aromatic N) is 8. The summed E-state index contributed by atoms with van der Waals surface area (Å²) >= 11 is 0. The molecule has 0 N–H and O–H groups in total. The number of imidazole rings is 4. The molecule has 0 spiro atoms. The zero-order chi connectivity index (χ0) is 20.5. The molecule has 0 saturated carbocycles. The highest BCUT2D eigenvalue weighted by Gasteiger charge is 2.02. The number of rotatable bonds is 2. The van der Waals surface area contributed by atoms with Crippen LogP contribution in [0.1, 0.15) is 11.4 Å². The highest BCUT2D eigenvalue weighted by Crippen LogP contribution is 2.13. The van der Waals surface area contributed by atoms with E-state index >= 15 is 0 Å². The average Bonchev–Trinajstić information content (AvgIpc) is 3.54. The zero-order valence-corrected chi connectivity index (χ0v) is 16.7. The molecule has 0 aliphatic rings. The fourth-order valence-electron chi connectivity index (χ4n) is 3.30. The number of pyridine rings is 2.